The summed E-state index contributed by atoms with van der Waals surface area (Å²) in [5.41, 5.74) is 2.14. The molecule has 160 valence electrons. The van der Waals surface area contributed by atoms with Crippen LogP contribution in [0.5, 0.6) is 5.88 Å². The van der Waals surface area contributed by atoms with Crippen LogP contribution in [0, 0.1) is 5.92 Å². The lowest BCUT2D eigenvalue weighted by molar-refractivity contribution is -0.120. The Morgan fingerprint density at radius 1 is 1.27 bits per heavy atom. The van der Waals surface area contributed by atoms with Crippen molar-refractivity contribution in [2.24, 2.45) is 5.92 Å². The molecule has 8 nitrogen and oxygen atoms in total. The van der Waals surface area contributed by atoms with Gasteiger partial charge in [0, 0.05) is 12.8 Å². The maximum absolute atomic E-state index is 12.4. The fourth-order valence-corrected chi connectivity index (χ4v) is 3.55. The van der Waals surface area contributed by atoms with E-state index in [-0.39, 0.29) is 36.6 Å². The first-order chi connectivity index (χ1) is 14.5. The number of hydrogen-bond donors (Lipinski definition) is 1. The normalized spacial score (nSPS) is 17.9. The maximum atomic E-state index is 12.4. The van der Waals surface area contributed by atoms with Crippen LogP contribution in [0.3, 0.4) is 0 Å². The number of aliphatic hydroxyl groups is 1. The number of aliphatic hydroxyl groups excluding tert-OH is 1. The van der Waals surface area contributed by atoms with E-state index in [4.69, 9.17) is 14.2 Å². The molecule has 1 amide bonds. The average Bonchev–Trinajstić information content (AvgIpc) is 2.74. The van der Waals surface area contributed by atoms with Crippen LogP contribution in [0.1, 0.15) is 35.5 Å². The lowest BCUT2D eigenvalue weighted by atomic mass is 9.91. The number of carbonyl (C=O) groups is 2. The molecule has 0 saturated heterocycles. The Labute approximate surface area is 175 Å². The number of ether oxygens (including phenoxy) is 3. The smallest absolute Gasteiger partial charge is 0.357 e. The largest absolute Gasteiger partial charge is 0.479 e. The molecule has 1 N–H and O–H groups in total. The Morgan fingerprint density at radius 2 is 2.00 bits per heavy atom. The van der Waals surface area contributed by atoms with Gasteiger partial charge in [0.1, 0.15) is 11.9 Å². The number of benzene rings is 1. The number of fused-ring (bicyclic) bond motifs is 1. The van der Waals surface area contributed by atoms with Crippen LogP contribution >= 0.6 is 0 Å². The predicted octanol–water partition coefficient (Wildman–Crippen LogP) is 2.33. The van der Waals surface area contributed by atoms with Crippen molar-refractivity contribution in [3.63, 3.8) is 0 Å². The summed E-state index contributed by atoms with van der Waals surface area (Å²) in [4.78, 5) is 30.0. The van der Waals surface area contributed by atoms with Crippen molar-refractivity contribution < 1.29 is 28.9 Å². The van der Waals surface area contributed by atoms with Crippen molar-refractivity contribution >= 4 is 17.6 Å². The Morgan fingerprint density at radius 3 is 2.63 bits per heavy atom. The van der Waals surface area contributed by atoms with Gasteiger partial charge in [0.25, 0.3) is 0 Å². The van der Waals surface area contributed by atoms with Crippen LogP contribution in [0.15, 0.2) is 36.4 Å². The zero-order valence-corrected chi connectivity index (χ0v) is 17.3. The summed E-state index contributed by atoms with van der Waals surface area (Å²) in [6.45, 7) is 3.91. The summed E-state index contributed by atoms with van der Waals surface area (Å²) in [5, 5.41) is 10.9. The molecule has 1 aromatic carbocycles. The molecule has 2 aromatic rings. The number of pyridine rings is 1. The average molecular weight is 414 g/mol. The second-order valence-corrected chi connectivity index (χ2v) is 7.01. The van der Waals surface area contributed by atoms with Crippen LogP contribution < -0.4 is 9.64 Å². The summed E-state index contributed by atoms with van der Waals surface area (Å²) in [6.07, 6.45) is -0.713. The van der Waals surface area contributed by atoms with Gasteiger partial charge in [0.15, 0.2) is 5.69 Å². The molecule has 0 fully saturated rings. The van der Waals surface area contributed by atoms with Crippen LogP contribution in [0.25, 0.3) is 0 Å². The van der Waals surface area contributed by atoms with E-state index in [0.717, 1.165) is 5.56 Å². The fourth-order valence-electron chi connectivity index (χ4n) is 3.55. The van der Waals surface area contributed by atoms with E-state index in [2.05, 4.69) is 4.98 Å². The van der Waals surface area contributed by atoms with Crippen LogP contribution in [0.2, 0.25) is 0 Å². The van der Waals surface area contributed by atoms with Crippen LogP contribution in [-0.4, -0.2) is 48.5 Å². The molecule has 0 aliphatic carbocycles. The van der Waals surface area contributed by atoms with Crippen molar-refractivity contribution in [2.45, 2.75) is 33.1 Å². The van der Waals surface area contributed by atoms with Gasteiger partial charge >= 0.3 is 5.97 Å². The van der Waals surface area contributed by atoms with E-state index in [1.807, 2.05) is 30.3 Å². The molecular weight excluding hydrogens is 388 g/mol. The molecule has 2 atom stereocenters. The minimum Gasteiger partial charge on any atom is -0.479 e. The third kappa shape index (κ3) is 4.60. The number of hydrogen-bond acceptors (Lipinski definition) is 7. The molecular formula is C22H26N2O6. The molecule has 1 aromatic heterocycles. The van der Waals surface area contributed by atoms with Crippen molar-refractivity contribution in [1.82, 2.24) is 4.98 Å². The number of methoxy groups -OCH3 is 1. The third-order valence-electron chi connectivity index (χ3n) is 4.91. The number of carbonyl (C=O) groups excluding carboxylic acids is 2. The number of amides is 1. The topological polar surface area (TPSA) is 98.2 Å². The molecule has 30 heavy (non-hydrogen) atoms. The highest BCUT2D eigenvalue weighted by Crippen LogP contribution is 2.40. The molecule has 2 heterocycles. The van der Waals surface area contributed by atoms with E-state index in [1.54, 1.807) is 13.0 Å². The van der Waals surface area contributed by atoms with Gasteiger partial charge < -0.3 is 19.3 Å². The Bertz CT molecular complexity index is 902. The van der Waals surface area contributed by atoms with Crippen LogP contribution in [-0.2, 0) is 27.3 Å². The summed E-state index contributed by atoms with van der Waals surface area (Å²) < 4.78 is 16.2. The van der Waals surface area contributed by atoms with Gasteiger partial charge in [0.2, 0.25) is 11.8 Å². The minimum absolute atomic E-state index is 0.0912. The number of nitrogens with zero attached hydrogens (tertiary/aromatic N) is 2. The first-order valence-electron chi connectivity index (χ1n) is 9.80. The zero-order valence-electron chi connectivity index (χ0n) is 17.3. The summed E-state index contributed by atoms with van der Waals surface area (Å²) >= 11 is 0. The van der Waals surface area contributed by atoms with Gasteiger partial charge in [-0.1, -0.05) is 30.3 Å². The van der Waals surface area contributed by atoms with Gasteiger partial charge in [-0.15, -0.1) is 0 Å². The monoisotopic (exact) mass is 414 g/mol. The summed E-state index contributed by atoms with van der Waals surface area (Å²) in [6, 6.07) is 11.3. The van der Waals surface area contributed by atoms with Crippen molar-refractivity contribution in [3.8, 4) is 5.88 Å². The van der Waals surface area contributed by atoms with E-state index < -0.39 is 12.2 Å². The molecule has 8 heteroatoms. The quantitative estimate of drug-likeness (QED) is 0.695. The molecule has 0 radical (unpaired) electrons. The van der Waals surface area contributed by atoms with Gasteiger partial charge in [-0.2, -0.15) is 0 Å². The van der Waals surface area contributed by atoms with E-state index in [1.165, 1.54) is 18.9 Å². The molecule has 0 bridgehead atoms. The molecule has 1 aliphatic rings. The van der Waals surface area contributed by atoms with Crippen molar-refractivity contribution in [2.75, 3.05) is 25.2 Å². The molecule has 0 spiro atoms. The zero-order chi connectivity index (χ0) is 21.7. The predicted molar refractivity (Wildman–Crippen MR) is 109 cm³/mol. The first-order valence-corrected chi connectivity index (χ1v) is 9.80. The minimum atomic E-state index is -1.10. The van der Waals surface area contributed by atoms with Gasteiger partial charge in [-0.3, -0.25) is 9.69 Å². The Kier molecular flexibility index (Phi) is 7.02. The Balaban J connectivity index is 1.88. The lowest BCUT2D eigenvalue weighted by Gasteiger charge is -2.39. The van der Waals surface area contributed by atoms with Crippen molar-refractivity contribution in [1.29, 1.82) is 0 Å². The van der Waals surface area contributed by atoms with Crippen LogP contribution in [0.4, 0.5) is 5.69 Å². The van der Waals surface area contributed by atoms with E-state index >= 15 is 0 Å². The van der Waals surface area contributed by atoms with Gasteiger partial charge in [-0.25, -0.2) is 9.78 Å². The maximum Gasteiger partial charge on any atom is 0.357 e. The first kappa shape index (κ1) is 21.7. The molecule has 3 rings (SSSR count). The highest BCUT2D eigenvalue weighted by molar-refractivity contribution is 5.96. The van der Waals surface area contributed by atoms with E-state index in [0.29, 0.717) is 24.3 Å². The number of anilines is 1. The highest BCUT2D eigenvalue weighted by atomic mass is 16.5. The standard InChI is InChI=1S/C22H26N2O6/c1-4-30-22(27)18-11-16-10-17(13-29-12-15-8-6-5-7-9-15)21(26)24(14(2)25)19(16)20(23-18)28-3/h5-9,11,17,21,26H,4,10,12-13H2,1-3H3/t17?,21-/m0/s1. The highest BCUT2D eigenvalue weighted by Gasteiger charge is 2.39. The molecule has 1 aliphatic heterocycles. The Hall–Kier alpha value is -2.97. The second kappa shape index (κ2) is 9.69. The third-order valence-corrected chi connectivity index (χ3v) is 4.91. The fraction of sp³-hybridized carbons (Fsp3) is 0.409. The summed E-state index contributed by atoms with van der Waals surface area (Å²) in [5.74, 6) is -1.22. The second-order valence-electron chi connectivity index (χ2n) is 7.01. The number of aromatic nitrogens is 1. The summed E-state index contributed by atoms with van der Waals surface area (Å²) in [7, 11) is 1.40. The van der Waals surface area contributed by atoms with Gasteiger partial charge in [0.05, 0.1) is 26.9 Å². The van der Waals surface area contributed by atoms with E-state index in [9.17, 15) is 14.7 Å². The number of esters is 1. The van der Waals surface area contributed by atoms with Gasteiger partial charge in [-0.05, 0) is 30.5 Å². The number of rotatable bonds is 7. The SMILES string of the molecule is CCOC(=O)c1cc2c(c(OC)n1)N(C(C)=O)[C@@H](O)C(COCc1ccccc1)C2. The van der Waals surface area contributed by atoms with Crippen molar-refractivity contribution in [3.05, 3.63) is 53.2 Å². The molecule has 1 unspecified atom stereocenters. The lowest BCUT2D eigenvalue weighted by Crippen LogP contribution is -2.49. The molecule has 0 saturated carbocycles.